The number of nitrogens with zero attached hydrogens (tertiary/aromatic N) is 4. The van der Waals surface area contributed by atoms with Gasteiger partial charge >= 0.3 is 6.18 Å². The van der Waals surface area contributed by atoms with Crippen LogP contribution in [0.2, 0.25) is 0 Å². The molecular weight excluding hydrogens is 473 g/mol. The molecule has 0 saturated heterocycles. The second-order valence-electron chi connectivity index (χ2n) is 8.39. The molecule has 10 heteroatoms. The van der Waals surface area contributed by atoms with Crippen LogP contribution < -0.4 is 10.6 Å². The van der Waals surface area contributed by atoms with E-state index in [2.05, 4.69) is 52.0 Å². The van der Waals surface area contributed by atoms with Crippen LogP contribution in [0.5, 0.6) is 0 Å². The van der Waals surface area contributed by atoms with E-state index < -0.39 is 11.7 Å². The number of anilines is 2. The molecule has 0 aliphatic rings. The van der Waals surface area contributed by atoms with E-state index in [0.717, 1.165) is 34.8 Å². The number of aryl methyl sites for hydroxylation is 2. The van der Waals surface area contributed by atoms with Crippen molar-refractivity contribution in [2.75, 3.05) is 10.6 Å². The number of alkyl halides is 3. The zero-order valence-corrected chi connectivity index (χ0v) is 20.3. The van der Waals surface area contributed by atoms with Crippen LogP contribution in [0, 0.1) is 20.8 Å². The topological polar surface area (TPSA) is 59.7 Å². The first kappa shape index (κ1) is 24.5. The third-order valence-electron chi connectivity index (χ3n) is 5.56. The molecule has 0 bridgehead atoms. The molecule has 0 spiro atoms. The zero-order valence-electron chi connectivity index (χ0n) is 19.5. The number of benzene rings is 2. The first-order valence-corrected chi connectivity index (χ1v) is 11.4. The minimum absolute atomic E-state index is 0.204. The van der Waals surface area contributed by atoms with E-state index in [1.807, 2.05) is 18.5 Å². The SMILES string of the molecule is Cc1ccc(Cn2nc(C)c(NC(=S)Nc3cnn(Cc4cccc(C(F)(F)F)c4)c3)c2C)cc1. The molecule has 0 unspecified atom stereocenters. The molecule has 4 rings (SSSR count). The molecule has 0 saturated carbocycles. The quantitative estimate of drug-likeness (QED) is 0.323. The second kappa shape index (κ2) is 9.91. The first-order valence-electron chi connectivity index (χ1n) is 10.9. The van der Waals surface area contributed by atoms with E-state index in [1.54, 1.807) is 23.1 Å². The summed E-state index contributed by atoms with van der Waals surface area (Å²) in [5.41, 5.74) is 5.40. The third-order valence-corrected chi connectivity index (χ3v) is 5.77. The van der Waals surface area contributed by atoms with Gasteiger partial charge in [0, 0.05) is 6.20 Å². The van der Waals surface area contributed by atoms with Gasteiger partial charge in [0.2, 0.25) is 0 Å². The average molecular weight is 499 g/mol. The van der Waals surface area contributed by atoms with E-state index in [4.69, 9.17) is 12.2 Å². The molecule has 0 fully saturated rings. The van der Waals surface area contributed by atoms with Gasteiger partial charge in [-0.05, 0) is 56.2 Å². The Morgan fingerprint density at radius 1 is 0.971 bits per heavy atom. The van der Waals surface area contributed by atoms with Gasteiger partial charge in [-0.25, -0.2) is 0 Å². The molecule has 0 aliphatic carbocycles. The Kier molecular flexibility index (Phi) is 6.93. The number of nitrogens with one attached hydrogen (secondary N) is 2. The van der Waals surface area contributed by atoms with Gasteiger partial charge in [0.05, 0.1) is 47.6 Å². The van der Waals surface area contributed by atoms with E-state index in [0.29, 0.717) is 22.9 Å². The van der Waals surface area contributed by atoms with Crippen molar-refractivity contribution in [3.05, 3.63) is 94.6 Å². The van der Waals surface area contributed by atoms with Crippen molar-refractivity contribution in [3.63, 3.8) is 0 Å². The van der Waals surface area contributed by atoms with E-state index in [9.17, 15) is 13.2 Å². The Labute approximate surface area is 206 Å². The molecule has 2 aromatic carbocycles. The monoisotopic (exact) mass is 498 g/mol. The number of aromatic nitrogens is 4. The third kappa shape index (κ3) is 6.07. The van der Waals surface area contributed by atoms with Crippen LogP contribution in [-0.2, 0) is 19.3 Å². The normalized spacial score (nSPS) is 11.5. The first-order chi connectivity index (χ1) is 16.6. The van der Waals surface area contributed by atoms with E-state index in [-0.39, 0.29) is 6.54 Å². The Morgan fingerprint density at radius 3 is 2.43 bits per heavy atom. The summed E-state index contributed by atoms with van der Waals surface area (Å²) in [6.07, 6.45) is -1.12. The van der Waals surface area contributed by atoms with Gasteiger partial charge in [0.1, 0.15) is 0 Å². The fraction of sp³-hybridized carbons (Fsp3) is 0.240. The number of halogens is 3. The lowest BCUT2D eigenvalue weighted by Crippen LogP contribution is -2.19. The Bertz CT molecular complexity index is 1340. The summed E-state index contributed by atoms with van der Waals surface area (Å²) < 4.78 is 42.3. The summed E-state index contributed by atoms with van der Waals surface area (Å²) in [5, 5.41) is 15.5. The van der Waals surface area contributed by atoms with Crippen molar-refractivity contribution in [2.45, 2.75) is 40.0 Å². The molecule has 0 radical (unpaired) electrons. The lowest BCUT2D eigenvalue weighted by Gasteiger charge is -2.10. The van der Waals surface area contributed by atoms with Crippen molar-refractivity contribution in [1.29, 1.82) is 0 Å². The van der Waals surface area contributed by atoms with Gasteiger partial charge in [-0.3, -0.25) is 9.36 Å². The summed E-state index contributed by atoms with van der Waals surface area (Å²) in [5.74, 6) is 0. The zero-order chi connectivity index (χ0) is 25.2. The Morgan fingerprint density at radius 2 is 1.71 bits per heavy atom. The maximum Gasteiger partial charge on any atom is 0.416 e. The maximum atomic E-state index is 13.0. The van der Waals surface area contributed by atoms with Gasteiger partial charge in [0.25, 0.3) is 0 Å². The molecule has 2 aromatic heterocycles. The van der Waals surface area contributed by atoms with Gasteiger partial charge in [-0.1, -0.05) is 42.0 Å². The number of hydrogen-bond acceptors (Lipinski definition) is 3. The van der Waals surface area contributed by atoms with Crippen LogP contribution in [0.3, 0.4) is 0 Å². The van der Waals surface area contributed by atoms with Crippen molar-refractivity contribution in [2.24, 2.45) is 0 Å². The lowest BCUT2D eigenvalue weighted by molar-refractivity contribution is -0.137. The average Bonchev–Trinajstić information content (AvgIpc) is 3.34. The van der Waals surface area contributed by atoms with Crippen LogP contribution in [0.15, 0.2) is 60.9 Å². The predicted molar refractivity (Wildman–Crippen MR) is 135 cm³/mol. The molecule has 0 amide bonds. The van der Waals surface area contributed by atoms with Crippen LogP contribution in [0.4, 0.5) is 24.5 Å². The van der Waals surface area contributed by atoms with Crippen LogP contribution in [-0.4, -0.2) is 24.7 Å². The summed E-state index contributed by atoms with van der Waals surface area (Å²) in [4.78, 5) is 0. The molecule has 182 valence electrons. The molecule has 0 atom stereocenters. The largest absolute Gasteiger partial charge is 0.416 e. The predicted octanol–water partition coefficient (Wildman–Crippen LogP) is 5.93. The Balaban J connectivity index is 1.39. The molecular formula is C25H25F3N6S. The van der Waals surface area contributed by atoms with Crippen LogP contribution in [0.1, 0.15) is 33.6 Å². The van der Waals surface area contributed by atoms with Crippen molar-refractivity contribution >= 4 is 28.7 Å². The van der Waals surface area contributed by atoms with Crippen molar-refractivity contribution in [3.8, 4) is 0 Å². The van der Waals surface area contributed by atoms with E-state index >= 15 is 0 Å². The molecule has 2 heterocycles. The summed E-state index contributed by atoms with van der Waals surface area (Å²) in [6, 6.07) is 13.5. The van der Waals surface area contributed by atoms with Gasteiger partial charge in [0.15, 0.2) is 5.11 Å². The highest BCUT2D eigenvalue weighted by Gasteiger charge is 2.30. The molecule has 0 aliphatic heterocycles. The summed E-state index contributed by atoms with van der Waals surface area (Å²) in [7, 11) is 0. The fourth-order valence-corrected chi connectivity index (χ4v) is 3.94. The van der Waals surface area contributed by atoms with Gasteiger partial charge < -0.3 is 10.6 Å². The molecule has 35 heavy (non-hydrogen) atoms. The molecule has 2 N–H and O–H groups in total. The maximum absolute atomic E-state index is 13.0. The fourth-order valence-electron chi connectivity index (χ4n) is 3.72. The minimum Gasteiger partial charge on any atom is -0.330 e. The van der Waals surface area contributed by atoms with Crippen molar-refractivity contribution in [1.82, 2.24) is 19.6 Å². The molecule has 6 nitrogen and oxygen atoms in total. The standard InChI is InChI=1S/C25H25F3N6S/c1-16-7-9-19(10-8-16)14-34-18(3)23(17(2)32-34)31-24(35)30-22-12-29-33(15-22)13-20-5-4-6-21(11-20)25(26,27)28/h4-12,15H,13-14H2,1-3H3,(H2,30,31,35). The summed E-state index contributed by atoms with van der Waals surface area (Å²) in [6.45, 7) is 6.80. The second-order valence-corrected chi connectivity index (χ2v) is 8.80. The molecule has 4 aromatic rings. The minimum atomic E-state index is -4.38. The Hall–Kier alpha value is -3.66. The summed E-state index contributed by atoms with van der Waals surface area (Å²) >= 11 is 5.47. The van der Waals surface area contributed by atoms with E-state index in [1.165, 1.54) is 11.6 Å². The smallest absolute Gasteiger partial charge is 0.330 e. The highest BCUT2D eigenvalue weighted by Crippen LogP contribution is 2.29. The number of thiocarbonyl (C=S) groups is 1. The van der Waals surface area contributed by atoms with Gasteiger partial charge in [-0.2, -0.15) is 23.4 Å². The van der Waals surface area contributed by atoms with Crippen molar-refractivity contribution < 1.29 is 13.2 Å². The van der Waals surface area contributed by atoms with Crippen LogP contribution in [0.25, 0.3) is 0 Å². The lowest BCUT2D eigenvalue weighted by atomic mass is 10.1. The number of hydrogen-bond donors (Lipinski definition) is 2. The highest BCUT2D eigenvalue weighted by molar-refractivity contribution is 7.80. The number of rotatable bonds is 6. The van der Waals surface area contributed by atoms with Crippen LogP contribution >= 0.6 is 12.2 Å². The highest BCUT2D eigenvalue weighted by atomic mass is 32.1. The van der Waals surface area contributed by atoms with Gasteiger partial charge in [-0.15, -0.1) is 0 Å².